The number of aromatic carboxylic acids is 1. The lowest BCUT2D eigenvalue weighted by Crippen LogP contribution is -2.47. The Balaban J connectivity index is 1.46. The maximum Gasteiger partial charge on any atom is 0.336 e. The van der Waals surface area contributed by atoms with Gasteiger partial charge in [-0.15, -0.1) is 0 Å². The van der Waals surface area contributed by atoms with Crippen molar-refractivity contribution in [3.8, 4) is 0 Å². The number of nitrogens with zero attached hydrogens (tertiary/aromatic N) is 2. The summed E-state index contributed by atoms with van der Waals surface area (Å²) < 4.78 is 6.77. The Morgan fingerprint density at radius 2 is 1.81 bits per heavy atom. The van der Waals surface area contributed by atoms with Gasteiger partial charge in [0, 0.05) is 54.3 Å². The van der Waals surface area contributed by atoms with Crippen molar-refractivity contribution in [3.05, 3.63) is 68.7 Å². The molecule has 2 aliphatic heterocycles. The van der Waals surface area contributed by atoms with E-state index in [9.17, 15) is 9.90 Å². The van der Waals surface area contributed by atoms with Crippen LogP contribution >= 0.6 is 27.5 Å². The summed E-state index contributed by atoms with van der Waals surface area (Å²) in [7, 11) is 0. The summed E-state index contributed by atoms with van der Waals surface area (Å²) >= 11 is 9.50. The molecule has 1 N–H and O–H groups in total. The van der Waals surface area contributed by atoms with Crippen LogP contribution in [0.1, 0.15) is 36.2 Å². The minimum atomic E-state index is -0.920. The van der Waals surface area contributed by atoms with E-state index in [4.69, 9.17) is 16.3 Å². The molecule has 0 spiro atoms. The van der Waals surface area contributed by atoms with Crippen LogP contribution in [0.25, 0.3) is 5.57 Å². The molecule has 4 rings (SSSR count). The molecule has 0 bridgehead atoms. The fraction of sp³-hybridized carbons (Fsp3) is 0.400. The quantitative estimate of drug-likeness (QED) is 0.559. The highest BCUT2D eigenvalue weighted by atomic mass is 79.9. The monoisotopic (exact) mass is 518 g/mol. The third kappa shape index (κ3) is 5.37. The molecule has 5 nitrogen and oxygen atoms in total. The molecule has 0 amide bonds. The third-order valence-corrected chi connectivity index (χ3v) is 7.10. The summed E-state index contributed by atoms with van der Waals surface area (Å²) in [5, 5.41) is 9.99. The van der Waals surface area contributed by atoms with Gasteiger partial charge in [0.05, 0.1) is 17.8 Å². The van der Waals surface area contributed by atoms with E-state index < -0.39 is 5.97 Å². The van der Waals surface area contributed by atoms with Gasteiger partial charge in [0.15, 0.2) is 0 Å². The van der Waals surface area contributed by atoms with Gasteiger partial charge in [0.25, 0.3) is 0 Å². The number of hydrogen-bond acceptors (Lipinski definition) is 4. The van der Waals surface area contributed by atoms with Crippen LogP contribution in [0, 0.1) is 0 Å². The van der Waals surface area contributed by atoms with Crippen molar-refractivity contribution >= 4 is 44.8 Å². The molecule has 32 heavy (non-hydrogen) atoms. The molecule has 0 atom stereocenters. The lowest BCUT2D eigenvalue weighted by molar-refractivity contribution is -0.0101. The van der Waals surface area contributed by atoms with E-state index in [0.717, 1.165) is 49.9 Å². The van der Waals surface area contributed by atoms with Gasteiger partial charge in [-0.2, -0.15) is 0 Å². The van der Waals surface area contributed by atoms with Crippen LogP contribution in [0.4, 0.5) is 5.69 Å². The molecule has 0 radical (unpaired) electrons. The number of carbonyl (C=O) groups is 1. The zero-order valence-corrected chi connectivity index (χ0v) is 20.7. The highest BCUT2D eigenvalue weighted by molar-refractivity contribution is 9.10. The Hall–Kier alpha value is -1.86. The lowest BCUT2D eigenvalue weighted by Gasteiger charge is -2.39. The predicted molar refractivity (Wildman–Crippen MR) is 133 cm³/mol. The number of benzene rings is 2. The summed E-state index contributed by atoms with van der Waals surface area (Å²) in [6.07, 6.45) is 0.883. The summed E-state index contributed by atoms with van der Waals surface area (Å²) in [6, 6.07) is 13.6. The second kappa shape index (κ2) is 9.56. The fourth-order valence-electron chi connectivity index (χ4n) is 4.38. The summed E-state index contributed by atoms with van der Waals surface area (Å²) in [5.74, 6) is -0.920. The Morgan fingerprint density at radius 3 is 2.44 bits per heavy atom. The Morgan fingerprint density at radius 1 is 1.12 bits per heavy atom. The van der Waals surface area contributed by atoms with Crippen molar-refractivity contribution in [1.82, 2.24) is 4.90 Å². The fourth-order valence-corrected chi connectivity index (χ4v) is 5.04. The number of carboxylic acids is 1. The molecule has 7 heteroatoms. The molecule has 170 valence electrons. The Bertz CT molecular complexity index is 1030. The van der Waals surface area contributed by atoms with E-state index in [2.05, 4.69) is 51.7 Å². The minimum Gasteiger partial charge on any atom is -0.478 e. The first-order valence-corrected chi connectivity index (χ1v) is 12.0. The van der Waals surface area contributed by atoms with Crippen molar-refractivity contribution < 1.29 is 14.6 Å². The number of anilines is 1. The van der Waals surface area contributed by atoms with Gasteiger partial charge in [0.1, 0.15) is 0 Å². The van der Waals surface area contributed by atoms with Crippen molar-refractivity contribution in [1.29, 1.82) is 0 Å². The molecular formula is C25H28BrClN2O3. The van der Waals surface area contributed by atoms with Crippen LogP contribution in [0.3, 0.4) is 0 Å². The second-order valence-corrected chi connectivity index (χ2v) is 10.3. The topological polar surface area (TPSA) is 53.0 Å². The maximum atomic E-state index is 11.3. The summed E-state index contributed by atoms with van der Waals surface area (Å²) in [4.78, 5) is 16.0. The van der Waals surface area contributed by atoms with E-state index >= 15 is 0 Å². The smallest absolute Gasteiger partial charge is 0.336 e. The molecule has 0 aliphatic carbocycles. The maximum absolute atomic E-state index is 11.3. The number of carboxylic acid groups (broad SMARTS) is 1. The van der Waals surface area contributed by atoms with Gasteiger partial charge < -0.3 is 14.7 Å². The van der Waals surface area contributed by atoms with Crippen LogP contribution in [-0.2, 0) is 4.74 Å². The molecule has 1 saturated heterocycles. The van der Waals surface area contributed by atoms with Crippen molar-refractivity contribution in [3.63, 3.8) is 0 Å². The first-order chi connectivity index (χ1) is 15.2. The molecule has 0 unspecified atom stereocenters. The van der Waals surface area contributed by atoms with Crippen LogP contribution in [0.5, 0.6) is 0 Å². The van der Waals surface area contributed by atoms with E-state index in [-0.39, 0.29) is 11.2 Å². The van der Waals surface area contributed by atoms with E-state index in [1.54, 1.807) is 6.07 Å². The average molecular weight is 520 g/mol. The number of piperazine rings is 1. The molecule has 2 heterocycles. The number of halogens is 2. The number of ether oxygens (including phenoxy) is 1. The molecule has 1 fully saturated rings. The van der Waals surface area contributed by atoms with Crippen LogP contribution < -0.4 is 4.90 Å². The average Bonchev–Trinajstić information content (AvgIpc) is 2.75. The molecule has 2 aromatic carbocycles. The summed E-state index contributed by atoms with van der Waals surface area (Å²) in [5.41, 5.74) is 5.09. The molecule has 0 saturated carbocycles. The van der Waals surface area contributed by atoms with Gasteiger partial charge >= 0.3 is 5.97 Å². The SMILES string of the molecule is CC1(C)CC(c2ccc(Cl)cc2)=C(CN2CCN(c3ccc(C(=O)O)c(Br)c3)CC2)CO1. The standard InChI is InChI=1S/C25H28BrClN2O3/c1-25(2)14-22(17-3-5-19(27)6-4-17)18(16-32-25)15-28-9-11-29(12-10-28)20-7-8-21(24(30)31)23(26)13-20/h3-8,13H,9-12,14-16H2,1-2H3,(H,30,31). The van der Waals surface area contributed by atoms with E-state index in [1.807, 2.05) is 24.3 Å². The van der Waals surface area contributed by atoms with Crippen molar-refractivity contribution in [2.75, 3.05) is 44.2 Å². The van der Waals surface area contributed by atoms with Gasteiger partial charge in [-0.3, -0.25) is 4.90 Å². The van der Waals surface area contributed by atoms with Gasteiger partial charge in [0.2, 0.25) is 0 Å². The van der Waals surface area contributed by atoms with Gasteiger partial charge in [-0.25, -0.2) is 4.79 Å². The number of rotatable bonds is 5. The molecule has 0 aromatic heterocycles. The van der Waals surface area contributed by atoms with Crippen molar-refractivity contribution in [2.24, 2.45) is 0 Å². The van der Waals surface area contributed by atoms with Gasteiger partial charge in [-0.05, 0) is 76.8 Å². The molecule has 2 aliphatic rings. The second-order valence-electron chi connectivity index (χ2n) is 9.05. The molecule has 2 aromatic rings. The van der Waals surface area contributed by atoms with Crippen LogP contribution in [-0.4, -0.2) is 60.9 Å². The minimum absolute atomic E-state index is 0.174. The largest absolute Gasteiger partial charge is 0.478 e. The van der Waals surface area contributed by atoms with Crippen molar-refractivity contribution in [2.45, 2.75) is 25.9 Å². The number of hydrogen-bond donors (Lipinski definition) is 1. The lowest BCUT2D eigenvalue weighted by atomic mass is 9.87. The zero-order valence-electron chi connectivity index (χ0n) is 18.4. The van der Waals surface area contributed by atoms with Gasteiger partial charge in [-0.1, -0.05) is 23.7 Å². The first-order valence-electron chi connectivity index (χ1n) is 10.8. The van der Waals surface area contributed by atoms with E-state index in [1.165, 1.54) is 16.7 Å². The normalized spacial score (nSPS) is 19.3. The predicted octanol–water partition coefficient (Wildman–Crippen LogP) is 5.58. The zero-order chi connectivity index (χ0) is 22.9. The molecular weight excluding hydrogens is 492 g/mol. The Labute approximate surface area is 202 Å². The van der Waals surface area contributed by atoms with Crippen LogP contribution in [0.15, 0.2) is 52.5 Å². The first kappa shape index (κ1) is 23.3. The highest BCUT2D eigenvalue weighted by Crippen LogP contribution is 2.36. The third-order valence-electron chi connectivity index (χ3n) is 6.19. The van der Waals surface area contributed by atoms with Crippen LogP contribution in [0.2, 0.25) is 5.02 Å². The highest BCUT2D eigenvalue weighted by Gasteiger charge is 2.30. The summed E-state index contributed by atoms with van der Waals surface area (Å²) in [6.45, 7) is 9.51. The Kier molecular flexibility index (Phi) is 6.96. The van der Waals surface area contributed by atoms with E-state index in [0.29, 0.717) is 11.1 Å².